The first-order valence-corrected chi connectivity index (χ1v) is 7.99. The molecule has 1 heterocycles. The smallest absolute Gasteiger partial charge is 0.0126 e. The summed E-state index contributed by atoms with van der Waals surface area (Å²) in [6, 6.07) is 0. The molecule has 1 saturated heterocycles. The highest BCUT2D eigenvalue weighted by Gasteiger charge is 2.30. The normalized spacial score (nSPS) is 22.4. The van der Waals surface area contributed by atoms with Gasteiger partial charge in [0, 0.05) is 44.8 Å². The van der Waals surface area contributed by atoms with Gasteiger partial charge in [-0.25, -0.2) is 0 Å². The highest BCUT2D eigenvalue weighted by atomic mass is 15.3. The van der Waals surface area contributed by atoms with Gasteiger partial charge in [-0.1, -0.05) is 20.8 Å². The third-order valence-corrected chi connectivity index (χ3v) is 4.58. The van der Waals surface area contributed by atoms with Crippen LogP contribution in [0.15, 0.2) is 0 Å². The fraction of sp³-hybridized carbons (Fsp3) is 1.00. The topological polar surface area (TPSA) is 18.5 Å². The van der Waals surface area contributed by atoms with E-state index in [0.29, 0.717) is 11.0 Å². The summed E-state index contributed by atoms with van der Waals surface area (Å²) in [5, 5.41) is 3.53. The van der Waals surface area contributed by atoms with Crippen molar-refractivity contribution in [2.75, 3.05) is 45.8 Å². The molecule has 0 aliphatic carbocycles. The molecule has 0 aromatic rings. The lowest BCUT2D eigenvalue weighted by Gasteiger charge is -2.44. The standard InChI is InChI=1S/C16H35N3/c1-7-16(6,13-17-8-2)14-18-9-11-19(12-10-18)15(3,4)5/h17H,7-14H2,1-6H3. The zero-order valence-electron chi connectivity index (χ0n) is 14.1. The third kappa shape index (κ3) is 5.41. The van der Waals surface area contributed by atoms with Crippen LogP contribution in [0.1, 0.15) is 48.0 Å². The average molecular weight is 269 g/mol. The Labute approximate surface area is 120 Å². The lowest BCUT2D eigenvalue weighted by Crippen LogP contribution is -2.55. The Morgan fingerprint density at radius 2 is 1.53 bits per heavy atom. The van der Waals surface area contributed by atoms with E-state index in [-0.39, 0.29) is 0 Å². The minimum atomic E-state index is 0.323. The first-order chi connectivity index (χ1) is 8.80. The van der Waals surface area contributed by atoms with E-state index in [1.165, 1.54) is 39.1 Å². The average Bonchev–Trinajstić information content (AvgIpc) is 2.36. The minimum Gasteiger partial charge on any atom is -0.316 e. The van der Waals surface area contributed by atoms with Crippen LogP contribution < -0.4 is 5.32 Å². The molecular weight excluding hydrogens is 234 g/mol. The van der Waals surface area contributed by atoms with Gasteiger partial charge in [0.05, 0.1) is 0 Å². The largest absolute Gasteiger partial charge is 0.316 e. The van der Waals surface area contributed by atoms with Crippen LogP contribution in [-0.4, -0.2) is 61.2 Å². The van der Waals surface area contributed by atoms with Crippen molar-refractivity contribution < 1.29 is 0 Å². The van der Waals surface area contributed by atoms with Crippen LogP contribution in [0.25, 0.3) is 0 Å². The lowest BCUT2D eigenvalue weighted by atomic mass is 9.86. The summed E-state index contributed by atoms with van der Waals surface area (Å²) in [5.74, 6) is 0. The molecule has 1 rings (SSSR count). The molecule has 1 N–H and O–H groups in total. The molecule has 0 saturated carbocycles. The first kappa shape index (κ1) is 16.9. The maximum absolute atomic E-state index is 3.53. The zero-order valence-corrected chi connectivity index (χ0v) is 14.1. The lowest BCUT2D eigenvalue weighted by molar-refractivity contribution is 0.0417. The van der Waals surface area contributed by atoms with Crippen molar-refractivity contribution in [2.24, 2.45) is 5.41 Å². The molecule has 1 aliphatic heterocycles. The summed E-state index contributed by atoms with van der Waals surface area (Å²) in [6.45, 7) is 22.2. The van der Waals surface area contributed by atoms with Gasteiger partial charge in [0.1, 0.15) is 0 Å². The second-order valence-electron chi connectivity index (χ2n) is 7.38. The molecule has 0 aromatic carbocycles. The van der Waals surface area contributed by atoms with Gasteiger partial charge in [0.15, 0.2) is 0 Å². The number of hydrogen-bond donors (Lipinski definition) is 1. The number of rotatable bonds is 6. The SMILES string of the molecule is CCNCC(C)(CC)CN1CCN(C(C)(C)C)CC1. The quantitative estimate of drug-likeness (QED) is 0.799. The van der Waals surface area contributed by atoms with E-state index in [9.17, 15) is 0 Å². The van der Waals surface area contributed by atoms with Gasteiger partial charge in [0.25, 0.3) is 0 Å². The van der Waals surface area contributed by atoms with Gasteiger partial charge in [-0.05, 0) is 39.2 Å². The van der Waals surface area contributed by atoms with E-state index in [1.807, 2.05) is 0 Å². The van der Waals surface area contributed by atoms with E-state index in [2.05, 4.69) is 56.7 Å². The molecule has 19 heavy (non-hydrogen) atoms. The Bertz CT molecular complexity index is 251. The molecule has 114 valence electrons. The fourth-order valence-electron chi connectivity index (χ4n) is 2.84. The van der Waals surface area contributed by atoms with Crippen molar-refractivity contribution in [1.29, 1.82) is 0 Å². The van der Waals surface area contributed by atoms with Crippen molar-refractivity contribution in [2.45, 2.75) is 53.5 Å². The van der Waals surface area contributed by atoms with E-state index < -0.39 is 0 Å². The van der Waals surface area contributed by atoms with Gasteiger partial charge in [-0.2, -0.15) is 0 Å². The van der Waals surface area contributed by atoms with Gasteiger partial charge in [-0.3, -0.25) is 4.90 Å². The predicted molar refractivity (Wildman–Crippen MR) is 84.7 cm³/mol. The maximum Gasteiger partial charge on any atom is 0.0126 e. The Morgan fingerprint density at radius 3 is 1.95 bits per heavy atom. The summed E-state index contributed by atoms with van der Waals surface area (Å²) in [5.41, 5.74) is 0.740. The van der Waals surface area contributed by atoms with Crippen LogP contribution in [0, 0.1) is 5.41 Å². The van der Waals surface area contributed by atoms with Crippen LogP contribution >= 0.6 is 0 Å². The monoisotopic (exact) mass is 269 g/mol. The zero-order chi connectivity index (χ0) is 14.5. The maximum atomic E-state index is 3.53. The van der Waals surface area contributed by atoms with E-state index in [0.717, 1.165) is 13.1 Å². The predicted octanol–water partition coefficient (Wildman–Crippen LogP) is 2.43. The van der Waals surface area contributed by atoms with Crippen LogP contribution in [0.3, 0.4) is 0 Å². The number of nitrogens with zero attached hydrogens (tertiary/aromatic N) is 2. The van der Waals surface area contributed by atoms with Gasteiger partial charge >= 0.3 is 0 Å². The summed E-state index contributed by atoms with van der Waals surface area (Å²) < 4.78 is 0. The van der Waals surface area contributed by atoms with Crippen molar-refractivity contribution in [3.05, 3.63) is 0 Å². The van der Waals surface area contributed by atoms with Gasteiger partial charge in [-0.15, -0.1) is 0 Å². The Hall–Kier alpha value is -0.120. The van der Waals surface area contributed by atoms with Crippen LogP contribution in [0.5, 0.6) is 0 Å². The summed E-state index contributed by atoms with van der Waals surface area (Å²) >= 11 is 0. The third-order valence-electron chi connectivity index (χ3n) is 4.58. The molecule has 0 amide bonds. The molecular formula is C16H35N3. The van der Waals surface area contributed by atoms with Gasteiger partial charge < -0.3 is 10.2 Å². The van der Waals surface area contributed by atoms with Crippen molar-refractivity contribution in [1.82, 2.24) is 15.1 Å². The minimum absolute atomic E-state index is 0.323. The Balaban J connectivity index is 2.43. The molecule has 0 radical (unpaired) electrons. The molecule has 1 unspecified atom stereocenters. The van der Waals surface area contributed by atoms with Gasteiger partial charge in [0.2, 0.25) is 0 Å². The second kappa shape index (κ2) is 7.05. The van der Waals surface area contributed by atoms with E-state index in [1.54, 1.807) is 0 Å². The summed E-state index contributed by atoms with van der Waals surface area (Å²) in [4.78, 5) is 5.26. The molecule has 0 bridgehead atoms. The Kier molecular flexibility index (Phi) is 6.28. The molecule has 1 atom stereocenters. The van der Waals surface area contributed by atoms with Crippen LogP contribution in [0.4, 0.5) is 0 Å². The molecule has 3 heteroatoms. The number of nitrogens with one attached hydrogen (secondary N) is 1. The van der Waals surface area contributed by atoms with E-state index >= 15 is 0 Å². The Morgan fingerprint density at radius 1 is 0.947 bits per heavy atom. The number of hydrogen-bond acceptors (Lipinski definition) is 3. The van der Waals surface area contributed by atoms with Crippen molar-refractivity contribution >= 4 is 0 Å². The number of piperazine rings is 1. The molecule has 0 spiro atoms. The second-order valence-corrected chi connectivity index (χ2v) is 7.38. The highest BCUT2D eigenvalue weighted by Crippen LogP contribution is 2.23. The van der Waals surface area contributed by atoms with E-state index in [4.69, 9.17) is 0 Å². The summed E-state index contributed by atoms with van der Waals surface area (Å²) in [6.07, 6.45) is 1.25. The summed E-state index contributed by atoms with van der Waals surface area (Å²) in [7, 11) is 0. The van der Waals surface area contributed by atoms with Crippen LogP contribution in [0.2, 0.25) is 0 Å². The molecule has 1 aliphatic rings. The highest BCUT2D eigenvalue weighted by molar-refractivity contribution is 4.85. The first-order valence-electron chi connectivity index (χ1n) is 7.99. The molecule has 0 aromatic heterocycles. The fourth-order valence-corrected chi connectivity index (χ4v) is 2.84. The van der Waals surface area contributed by atoms with Crippen molar-refractivity contribution in [3.8, 4) is 0 Å². The molecule has 1 fully saturated rings. The van der Waals surface area contributed by atoms with Crippen molar-refractivity contribution in [3.63, 3.8) is 0 Å². The molecule has 3 nitrogen and oxygen atoms in total. The van der Waals surface area contributed by atoms with Crippen LogP contribution in [-0.2, 0) is 0 Å².